The van der Waals surface area contributed by atoms with Gasteiger partial charge in [-0.3, -0.25) is 0 Å². The Bertz CT molecular complexity index is 925. The van der Waals surface area contributed by atoms with E-state index >= 15 is 0 Å². The standard InChI is InChI=1S/C21H29NO5S/c1-7-26-18-10-9-17(13-20(18)27-8-2)16(5)22-28(23,24)21-12-14(3)19(25-6)11-15(21)4/h9-13,16,22H,7-8H2,1-6H3/t16-/m0/s1. The number of aryl methyl sites for hydroxylation is 2. The van der Waals surface area contributed by atoms with Crippen LogP contribution in [0.2, 0.25) is 0 Å². The second kappa shape index (κ2) is 9.30. The van der Waals surface area contributed by atoms with Gasteiger partial charge in [0.25, 0.3) is 0 Å². The lowest BCUT2D eigenvalue weighted by Crippen LogP contribution is -2.27. The molecule has 1 N–H and O–H groups in total. The smallest absolute Gasteiger partial charge is 0.241 e. The van der Waals surface area contributed by atoms with Gasteiger partial charge < -0.3 is 14.2 Å². The number of rotatable bonds is 9. The summed E-state index contributed by atoms with van der Waals surface area (Å²) in [6, 6.07) is 8.38. The zero-order valence-corrected chi connectivity index (χ0v) is 18.1. The van der Waals surface area contributed by atoms with E-state index in [2.05, 4.69) is 4.72 Å². The van der Waals surface area contributed by atoms with E-state index in [9.17, 15) is 8.42 Å². The van der Waals surface area contributed by atoms with E-state index in [-0.39, 0.29) is 4.90 Å². The first kappa shape index (κ1) is 22.0. The Kier molecular flexibility index (Phi) is 7.32. The van der Waals surface area contributed by atoms with E-state index < -0.39 is 16.1 Å². The van der Waals surface area contributed by atoms with Gasteiger partial charge in [-0.25, -0.2) is 13.1 Å². The fraction of sp³-hybridized carbons (Fsp3) is 0.429. The zero-order valence-electron chi connectivity index (χ0n) is 17.3. The molecule has 0 aromatic heterocycles. The molecule has 7 heteroatoms. The van der Waals surface area contributed by atoms with Crippen molar-refractivity contribution in [2.75, 3.05) is 20.3 Å². The zero-order chi connectivity index (χ0) is 20.9. The Morgan fingerprint density at radius 3 is 2.18 bits per heavy atom. The van der Waals surface area contributed by atoms with Crippen LogP contribution >= 0.6 is 0 Å². The van der Waals surface area contributed by atoms with Crippen LogP contribution in [0, 0.1) is 13.8 Å². The first-order chi connectivity index (χ1) is 13.2. The van der Waals surface area contributed by atoms with Gasteiger partial charge in [0.1, 0.15) is 5.75 Å². The molecule has 2 rings (SSSR count). The molecular formula is C21H29NO5S. The number of nitrogens with one attached hydrogen (secondary N) is 1. The second-order valence-corrected chi connectivity index (χ2v) is 8.18. The summed E-state index contributed by atoms with van der Waals surface area (Å²) < 4.78 is 45.2. The Hall–Kier alpha value is -2.25. The molecule has 28 heavy (non-hydrogen) atoms. The molecule has 1 atom stereocenters. The monoisotopic (exact) mass is 407 g/mol. The highest BCUT2D eigenvalue weighted by Crippen LogP contribution is 2.32. The first-order valence-electron chi connectivity index (χ1n) is 9.30. The minimum atomic E-state index is -3.71. The van der Waals surface area contributed by atoms with Crippen molar-refractivity contribution in [1.29, 1.82) is 0 Å². The second-order valence-electron chi connectivity index (χ2n) is 6.50. The number of hydrogen-bond acceptors (Lipinski definition) is 5. The number of hydrogen-bond donors (Lipinski definition) is 1. The Morgan fingerprint density at radius 1 is 0.929 bits per heavy atom. The van der Waals surface area contributed by atoms with E-state index in [0.29, 0.717) is 36.0 Å². The lowest BCUT2D eigenvalue weighted by Gasteiger charge is -2.19. The molecule has 0 aliphatic rings. The molecule has 2 aromatic carbocycles. The fourth-order valence-electron chi connectivity index (χ4n) is 2.97. The maximum absolute atomic E-state index is 13.0. The van der Waals surface area contributed by atoms with E-state index in [1.54, 1.807) is 39.2 Å². The van der Waals surface area contributed by atoms with Crippen molar-refractivity contribution in [3.05, 3.63) is 47.0 Å². The van der Waals surface area contributed by atoms with Crippen LogP contribution in [-0.4, -0.2) is 28.7 Å². The summed E-state index contributed by atoms with van der Waals surface area (Å²) in [4.78, 5) is 0.244. The summed E-state index contributed by atoms with van der Waals surface area (Å²) in [6.07, 6.45) is 0. The highest BCUT2D eigenvalue weighted by atomic mass is 32.2. The Labute approximate surface area is 167 Å². The molecule has 0 amide bonds. The number of methoxy groups -OCH3 is 1. The maximum atomic E-state index is 13.0. The van der Waals surface area contributed by atoms with E-state index in [1.165, 1.54) is 0 Å². The van der Waals surface area contributed by atoms with Gasteiger partial charge in [-0.1, -0.05) is 6.07 Å². The van der Waals surface area contributed by atoms with Gasteiger partial charge in [0.15, 0.2) is 11.5 Å². The number of benzene rings is 2. The largest absolute Gasteiger partial charge is 0.496 e. The molecule has 0 fully saturated rings. The van der Waals surface area contributed by atoms with Crippen LogP contribution in [-0.2, 0) is 10.0 Å². The highest BCUT2D eigenvalue weighted by molar-refractivity contribution is 7.89. The molecule has 0 saturated heterocycles. The molecule has 0 unspecified atom stereocenters. The van der Waals surface area contributed by atoms with Crippen LogP contribution in [0.1, 0.15) is 43.5 Å². The van der Waals surface area contributed by atoms with Crippen LogP contribution in [0.5, 0.6) is 17.2 Å². The molecule has 0 radical (unpaired) electrons. The molecule has 154 valence electrons. The SMILES string of the molecule is CCOc1ccc([C@H](C)NS(=O)(=O)c2cc(C)c(OC)cc2C)cc1OCC. The quantitative estimate of drug-likeness (QED) is 0.676. The van der Waals surface area contributed by atoms with E-state index in [0.717, 1.165) is 11.1 Å². The average Bonchev–Trinajstić information content (AvgIpc) is 2.64. The molecule has 0 aliphatic heterocycles. The van der Waals surface area contributed by atoms with Crippen molar-refractivity contribution in [2.24, 2.45) is 0 Å². The van der Waals surface area contributed by atoms with Gasteiger partial charge >= 0.3 is 0 Å². The lowest BCUT2D eigenvalue weighted by molar-refractivity contribution is 0.287. The van der Waals surface area contributed by atoms with Gasteiger partial charge in [0.05, 0.1) is 25.2 Å². The van der Waals surface area contributed by atoms with Crippen molar-refractivity contribution in [2.45, 2.75) is 45.6 Å². The minimum Gasteiger partial charge on any atom is -0.496 e. The average molecular weight is 408 g/mol. The maximum Gasteiger partial charge on any atom is 0.241 e. The minimum absolute atomic E-state index is 0.244. The molecular weight excluding hydrogens is 378 g/mol. The van der Waals surface area contributed by atoms with E-state index in [4.69, 9.17) is 14.2 Å². The Balaban J connectivity index is 2.32. The summed E-state index contributed by atoms with van der Waals surface area (Å²) in [7, 11) is -2.14. The first-order valence-corrected chi connectivity index (χ1v) is 10.8. The Morgan fingerprint density at radius 2 is 1.57 bits per heavy atom. The van der Waals surface area contributed by atoms with Gasteiger partial charge in [-0.2, -0.15) is 0 Å². The molecule has 0 aliphatic carbocycles. The summed E-state index contributed by atoms with van der Waals surface area (Å²) >= 11 is 0. The lowest BCUT2D eigenvalue weighted by atomic mass is 10.1. The normalized spacial score (nSPS) is 12.5. The van der Waals surface area contributed by atoms with Gasteiger partial charge in [0.2, 0.25) is 10.0 Å². The van der Waals surface area contributed by atoms with Crippen LogP contribution in [0.15, 0.2) is 35.2 Å². The molecule has 0 heterocycles. The van der Waals surface area contributed by atoms with E-state index in [1.807, 2.05) is 32.9 Å². The van der Waals surface area contributed by atoms with Gasteiger partial charge in [0, 0.05) is 6.04 Å². The van der Waals surface area contributed by atoms with Gasteiger partial charge in [-0.15, -0.1) is 0 Å². The van der Waals surface area contributed by atoms with Crippen molar-refractivity contribution in [3.63, 3.8) is 0 Å². The summed E-state index contributed by atoms with van der Waals surface area (Å²) in [5.74, 6) is 1.91. The topological polar surface area (TPSA) is 73.9 Å². The molecule has 0 saturated carbocycles. The molecule has 0 spiro atoms. The molecule has 0 bridgehead atoms. The predicted molar refractivity (Wildman–Crippen MR) is 110 cm³/mol. The molecule has 6 nitrogen and oxygen atoms in total. The van der Waals surface area contributed by atoms with Crippen molar-refractivity contribution < 1.29 is 22.6 Å². The summed E-state index contributed by atoms with van der Waals surface area (Å²) in [5, 5.41) is 0. The predicted octanol–water partition coefficient (Wildman–Crippen LogP) is 4.15. The van der Waals surface area contributed by atoms with Crippen LogP contribution in [0.3, 0.4) is 0 Å². The van der Waals surface area contributed by atoms with Crippen molar-refractivity contribution in [1.82, 2.24) is 4.72 Å². The summed E-state index contributed by atoms with van der Waals surface area (Å²) in [6.45, 7) is 10.2. The number of ether oxygens (including phenoxy) is 3. The van der Waals surface area contributed by atoms with Crippen LogP contribution in [0.4, 0.5) is 0 Å². The summed E-state index contributed by atoms with van der Waals surface area (Å²) in [5.41, 5.74) is 2.18. The van der Waals surface area contributed by atoms with Crippen LogP contribution < -0.4 is 18.9 Å². The third kappa shape index (κ3) is 4.97. The third-order valence-electron chi connectivity index (χ3n) is 4.38. The van der Waals surface area contributed by atoms with Crippen LogP contribution in [0.25, 0.3) is 0 Å². The van der Waals surface area contributed by atoms with Crippen molar-refractivity contribution >= 4 is 10.0 Å². The molecule has 2 aromatic rings. The van der Waals surface area contributed by atoms with Gasteiger partial charge in [-0.05, 0) is 75.6 Å². The highest BCUT2D eigenvalue weighted by Gasteiger charge is 2.22. The fourth-order valence-corrected chi connectivity index (χ4v) is 4.52. The number of sulfonamides is 1. The third-order valence-corrected chi connectivity index (χ3v) is 6.06. The van der Waals surface area contributed by atoms with Crippen molar-refractivity contribution in [3.8, 4) is 17.2 Å².